The predicted octanol–water partition coefficient (Wildman–Crippen LogP) is 3.88. The van der Waals surface area contributed by atoms with E-state index < -0.39 is 0 Å². The van der Waals surface area contributed by atoms with Gasteiger partial charge in [0.25, 0.3) is 5.56 Å². The zero-order valence-electron chi connectivity index (χ0n) is 15.5. The second-order valence-electron chi connectivity index (χ2n) is 6.44. The van der Waals surface area contributed by atoms with Crippen LogP contribution >= 0.6 is 23.1 Å². The van der Waals surface area contributed by atoms with Crippen molar-refractivity contribution in [3.63, 3.8) is 0 Å². The first-order valence-electron chi connectivity index (χ1n) is 8.47. The predicted molar refractivity (Wildman–Crippen MR) is 112 cm³/mol. The number of nitrogens with zero attached hydrogens (tertiary/aromatic N) is 1. The lowest BCUT2D eigenvalue weighted by Gasteiger charge is -2.13. The minimum atomic E-state index is -0.376. The lowest BCUT2D eigenvalue weighted by molar-refractivity contribution is -0.115. The Morgan fingerprint density at radius 2 is 2.11 bits per heavy atom. The number of aromatic hydroxyl groups is 1. The van der Waals surface area contributed by atoms with Crippen LogP contribution in [0.15, 0.2) is 23.0 Å². The molecule has 2 aromatic heterocycles. The lowest BCUT2D eigenvalue weighted by atomic mass is 10.2. The number of aromatic nitrogens is 2. The number of carbonyl (C=O) groups excluding carboxylic acids is 1. The van der Waals surface area contributed by atoms with E-state index in [0.717, 1.165) is 20.8 Å². The first-order valence-corrected chi connectivity index (χ1v) is 10.3. The number of rotatable bonds is 5. The van der Waals surface area contributed by atoms with Crippen molar-refractivity contribution in [1.82, 2.24) is 9.97 Å². The molecule has 0 radical (unpaired) electrons. The van der Waals surface area contributed by atoms with Crippen LogP contribution in [0.25, 0.3) is 10.2 Å². The van der Waals surface area contributed by atoms with Gasteiger partial charge in [-0.2, -0.15) is 0 Å². The highest BCUT2D eigenvalue weighted by molar-refractivity contribution is 7.99. The first-order chi connectivity index (χ1) is 12.8. The SMILES string of the molecule is Cc1ccc(NC(=O)C(C)SCc2nc3sc(C)c(C)c3c(=O)[nH]2)c(O)c1. The number of thiophene rings is 1. The van der Waals surface area contributed by atoms with Crippen molar-refractivity contribution in [2.45, 2.75) is 38.7 Å². The maximum atomic E-state index is 12.4. The van der Waals surface area contributed by atoms with E-state index in [1.54, 1.807) is 19.1 Å². The van der Waals surface area contributed by atoms with Crippen molar-refractivity contribution in [2.75, 3.05) is 5.32 Å². The van der Waals surface area contributed by atoms with Crippen molar-refractivity contribution < 1.29 is 9.90 Å². The number of anilines is 1. The van der Waals surface area contributed by atoms with Gasteiger partial charge in [-0.1, -0.05) is 6.07 Å². The number of amides is 1. The van der Waals surface area contributed by atoms with E-state index in [4.69, 9.17) is 0 Å². The lowest BCUT2D eigenvalue weighted by Crippen LogP contribution is -2.23. The van der Waals surface area contributed by atoms with Crippen molar-refractivity contribution in [3.05, 3.63) is 50.4 Å². The molecule has 3 rings (SSSR count). The van der Waals surface area contributed by atoms with Gasteiger partial charge in [0, 0.05) is 4.88 Å². The van der Waals surface area contributed by atoms with Crippen LogP contribution in [0.4, 0.5) is 5.69 Å². The molecule has 27 heavy (non-hydrogen) atoms. The highest BCUT2D eigenvalue weighted by Gasteiger charge is 2.17. The van der Waals surface area contributed by atoms with E-state index in [2.05, 4.69) is 15.3 Å². The summed E-state index contributed by atoms with van der Waals surface area (Å²) in [6.45, 7) is 7.54. The number of phenols is 1. The highest BCUT2D eigenvalue weighted by atomic mass is 32.2. The van der Waals surface area contributed by atoms with E-state index in [1.165, 1.54) is 23.1 Å². The summed E-state index contributed by atoms with van der Waals surface area (Å²) in [5.74, 6) is 0.790. The van der Waals surface area contributed by atoms with Gasteiger partial charge in [0.15, 0.2) is 0 Å². The van der Waals surface area contributed by atoms with Crippen LogP contribution in [0.1, 0.15) is 28.8 Å². The third-order valence-corrected chi connectivity index (χ3v) is 6.59. The Morgan fingerprint density at radius 3 is 2.81 bits per heavy atom. The number of phenolic OH excluding ortho intramolecular Hbond substituents is 1. The molecule has 1 unspecified atom stereocenters. The quantitative estimate of drug-likeness (QED) is 0.562. The molecule has 1 aromatic carbocycles. The van der Waals surface area contributed by atoms with Gasteiger partial charge in [-0.25, -0.2) is 4.98 Å². The second kappa shape index (κ2) is 7.74. The van der Waals surface area contributed by atoms with Gasteiger partial charge in [0.2, 0.25) is 5.91 Å². The van der Waals surface area contributed by atoms with Gasteiger partial charge in [0.05, 0.1) is 22.1 Å². The molecule has 6 nitrogen and oxygen atoms in total. The molecule has 0 spiro atoms. The molecule has 8 heteroatoms. The molecule has 0 aliphatic heterocycles. The number of hydrogen-bond acceptors (Lipinski definition) is 6. The van der Waals surface area contributed by atoms with Crippen molar-refractivity contribution in [3.8, 4) is 5.75 Å². The monoisotopic (exact) mass is 403 g/mol. The van der Waals surface area contributed by atoms with Crippen LogP contribution in [-0.2, 0) is 10.5 Å². The topological polar surface area (TPSA) is 95.1 Å². The fourth-order valence-electron chi connectivity index (χ4n) is 2.63. The Morgan fingerprint density at radius 1 is 1.37 bits per heavy atom. The van der Waals surface area contributed by atoms with Crippen molar-refractivity contribution >= 4 is 44.9 Å². The third kappa shape index (κ3) is 4.17. The van der Waals surface area contributed by atoms with Gasteiger partial charge in [-0.3, -0.25) is 9.59 Å². The van der Waals surface area contributed by atoms with Gasteiger partial charge in [0.1, 0.15) is 16.4 Å². The number of fused-ring (bicyclic) bond motifs is 1. The fourth-order valence-corrected chi connectivity index (χ4v) is 4.43. The molecule has 0 fully saturated rings. The largest absolute Gasteiger partial charge is 0.506 e. The molecule has 0 aliphatic rings. The summed E-state index contributed by atoms with van der Waals surface area (Å²) < 4.78 is 0. The fraction of sp³-hybridized carbons (Fsp3) is 0.316. The average molecular weight is 404 g/mol. The molecule has 142 valence electrons. The van der Waals surface area contributed by atoms with Crippen molar-refractivity contribution in [1.29, 1.82) is 0 Å². The van der Waals surface area contributed by atoms with E-state index in [-0.39, 0.29) is 22.5 Å². The molecule has 1 atom stereocenters. The number of benzene rings is 1. The number of carbonyl (C=O) groups is 1. The Kier molecular flexibility index (Phi) is 5.57. The van der Waals surface area contributed by atoms with Gasteiger partial charge >= 0.3 is 0 Å². The molecule has 3 aromatic rings. The minimum Gasteiger partial charge on any atom is -0.506 e. The smallest absolute Gasteiger partial charge is 0.259 e. The first kappa shape index (κ1) is 19.4. The summed E-state index contributed by atoms with van der Waals surface area (Å²) in [4.78, 5) is 33.8. The van der Waals surface area contributed by atoms with Crippen LogP contribution in [0.2, 0.25) is 0 Å². The second-order valence-corrected chi connectivity index (χ2v) is 8.97. The van der Waals surface area contributed by atoms with E-state index in [1.807, 2.05) is 26.8 Å². The van der Waals surface area contributed by atoms with Gasteiger partial charge in [-0.05, 0) is 51.0 Å². The third-order valence-electron chi connectivity index (χ3n) is 4.34. The summed E-state index contributed by atoms with van der Waals surface area (Å²) in [5, 5.41) is 12.9. The van der Waals surface area contributed by atoms with Crippen LogP contribution in [0, 0.1) is 20.8 Å². The van der Waals surface area contributed by atoms with Crippen molar-refractivity contribution in [2.24, 2.45) is 0 Å². The Balaban J connectivity index is 1.68. The van der Waals surface area contributed by atoms with Gasteiger partial charge < -0.3 is 15.4 Å². The molecular formula is C19H21N3O3S2. The maximum Gasteiger partial charge on any atom is 0.259 e. The molecule has 1 amide bonds. The minimum absolute atomic E-state index is 0.0421. The number of hydrogen-bond donors (Lipinski definition) is 3. The normalized spacial score (nSPS) is 12.3. The molecular weight excluding hydrogens is 382 g/mol. The molecule has 0 saturated heterocycles. The van der Waals surface area contributed by atoms with E-state index >= 15 is 0 Å². The van der Waals surface area contributed by atoms with E-state index in [0.29, 0.717) is 22.7 Å². The summed E-state index contributed by atoms with van der Waals surface area (Å²) in [6.07, 6.45) is 0. The van der Waals surface area contributed by atoms with Crippen LogP contribution in [0.3, 0.4) is 0 Å². The molecule has 3 N–H and O–H groups in total. The standard InChI is InChI=1S/C19H21N3O3S2/c1-9-5-6-13(14(23)7-9)20-17(24)12(4)26-8-15-21-18(25)16-10(2)11(3)27-19(16)22-15/h5-7,12,23H,8H2,1-4H3,(H,20,24)(H,21,22,25). The summed E-state index contributed by atoms with van der Waals surface area (Å²) >= 11 is 2.88. The number of H-pyrrole nitrogens is 1. The Hall–Kier alpha value is -2.32. The highest BCUT2D eigenvalue weighted by Crippen LogP contribution is 2.27. The zero-order valence-corrected chi connectivity index (χ0v) is 17.2. The Labute approximate surface area is 165 Å². The molecule has 0 aliphatic carbocycles. The molecule has 0 saturated carbocycles. The zero-order chi connectivity index (χ0) is 19.7. The average Bonchev–Trinajstić information content (AvgIpc) is 2.89. The number of aryl methyl sites for hydroxylation is 3. The van der Waals surface area contributed by atoms with E-state index in [9.17, 15) is 14.7 Å². The maximum absolute atomic E-state index is 12.4. The molecule has 0 bridgehead atoms. The number of thioether (sulfide) groups is 1. The summed E-state index contributed by atoms with van der Waals surface area (Å²) in [5.41, 5.74) is 2.13. The van der Waals surface area contributed by atoms with Crippen LogP contribution < -0.4 is 10.9 Å². The summed E-state index contributed by atoms with van der Waals surface area (Å²) in [6, 6.07) is 5.10. The van der Waals surface area contributed by atoms with Crippen LogP contribution in [0.5, 0.6) is 5.75 Å². The molecule has 2 heterocycles. The Bertz CT molecular complexity index is 1070. The van der Waals surface area contributed by atoms with Crippen LogP contribution in [-0.4, -0.2) is 26.2 Å². The number of nitrogens with one attached hydrogen (secondary N) is 2. The van der Waals surface area contributed by atoms with Gasteiger partial charge in [-0.15, -0.1) is 23.1 Å². The summed E-state index contributed by atoms with van der Waals surface area (Å²) in [7, 11) is 0. The number of aromatic amines is 1.